The van der Waals surface area contributed by atoms with Crippen LogP contribution in [0, 0.1) is 17.6 Å². The van der Waals surface area contributed by atoms with Crippen LogP contribution in [0.4, 0.5) is 8.78 Å². The van der Waals surface area contributed by atoms with Crippen LogP contribution in [-0.2, 0) is 0 Å². The summed E-state index contributed by atoms with van der Waals surface area (Å²) in [6.45, 7) is 2.04. The van der Waals surface area contributed by atoms with Crippen LogP contribution in [0.2, 0.25) is 0 Å². The molecule has 0 amide bonds. The molecule has 2 rings (SSSR count). The number of hydrogen-bond donors (Lipinski definition) is 1. The van der Waals surface area contributed by atoms with E-state index in [4.69, 9.17) is 22.7 Å². The van der Waals surface area contributed by atoms with E-state index >= 15 is 0 Å². The topological polar surface area (TPSA) is 35.2 Å². The summed E-state index contributed by atoms with van der Waals surface area (Å²) in [5, 5.41) is 0. The Morgan fingerprint density at radius 3 is 2.37 bits per heavy atom. The Morgan fingerprint density at radius 2 is 1.84 bits per heavy atom. The number of benzene rings is 1. The van der Waals surface area contributed by atoms with Crippen LogP contribution in [0.15, 0.2) is 12.1 Å². The average Bonchev–Trinajstić information content (AvgIpc) is 2.35. The molecule has 0 heterocycles. The van der Waals surface area contributed by atoms with Crippen molar-refractivity contribution in [2.75, 3.05) is 0 Å². The van der Waals surface area contributed by atoms with Crippen molar-refractivity contribution in [3.8, 4) is 5.75 Å². The maximum absolute atomic E-state index is 13.9. The minimum Gasteiger partial charge on any atom is -0.484 e. The lowest BCUT2D eigenvalue weighted by atomic mass is 9.88. The molecule has 104 valence electrons. The first-order valence-electron chi connectivity index (χ1n) is 6.44. The van der Waals surface area contributed by atoms with Gasteiger partial charge in [-0.05, 0) is 37.3 Å². The third-order valence-corrected chi connectivity index (χ3v) is 3.82. The average molecular weight is 285 g/mol. The van der Waals surface area contributed by atoms with Crippen molar-refractivity contribution in [3.05, 3.63) is 29.3 Å². The van der Waals surface area contributed by atoms with Crippen LogP contribution in [0.5, 0.6) is 5.75 Å². The first kappa shape index (κ1) is 14.2. The number of thiocarbonyl (C=S) groups is 1. The van der Waals surface area contributed by atoms with Crippen molar-refractivity contribution in [2.24, 2.45) is 11.7 Å². The van der Waals surface area contributed by atoms with Gasteiger partial charge in [-0.15, -0.1) is 0 Å². The van der Waals surface area contributed by atoms with Gasteiger partial charge in [0.05, 0.1) is 0 Å². The Balaban J connectivity index is 2.22. The Bertz CT molecular complexity index is 469. The maximum atomic E-state index is 13.9. The van der Waals surface area contributed by atoms with Crippen LogP contribution in [0.1, 0.15) is 38.2 Å². The highest BCUT2D eigenvalue weighted by Crippen LogP contribution is 2.31. The van der Waals surface area contributed by atoms with Crippen LogP contribution < -0.4 is 10.5 Å². The van der Waals surface area contributed by atoms with Crippen molar-refractivity contribution in [1.29, 1.82) is 0 Å². The van der Waals surface area contributed by atoms with E-state index in [2.05, 4.69) is 0 Å². The highest BCUT2D eigenvalue weighted by molar-refractivity contribution is 7.80. The van der Waals surface area contributed by atoms with E-state index in [0.717, 1.165) is 37.8 Å². The molecule has 5 heteroatoms. The molecule has 19 heavy (non-hydrogen) atoms. The van der Waals surface area contributed by atoms with Crippen LogP contribution in [0.25, 0.3) is 0 Å². The lowest BCUT2D eigenvalue weighted by molar-refractivity contribution is 0.0932. The first-order chi connectivity index (χ1) is 8.99. The van der Waals surface area contributed by atoms with E-state index in [1.807, 2.05) is 6.92 Å². The largest absolute Gasteiger partial charge is 0.484 e. The SMILES string of the molecule is CC1CCCCC1Oc1c(F)cc(C(N)=S)cc1F. The summed E-state index contributed by atoms with van der Waals surface area (Å²) in [7, 11) is 0. The molecule has 2 unspecified atom stereocenters. The van der Waals surface area contributed by atoms with Gasteiger partial charge in [-0.25, -0.2) is 8.78 Å². The molecule has 2 N–H and O–H groups in total. The van der Waals surface area contributed by atoms with Gasteiger partial charge in [-0.3, -0.25) is 0 Å². The second-order valence-electron chi connectivity index (χ2n) is 5.05. The highest BCUT2D eigenvalue weighted by atomic mass is 32.1. The van der Waals surface area contributed by atoms with Gasteiger partial charge in [-0.1, -0.05) is 25.6 Å². The van der Waals surface area contributed by atoms with Crippen molar-refractivity contribution in [3.63, 3.8) is 0 Å². The third-order valence-electron chi connectivity index (χ3n) is 3.58. The zero-order chi connectivity index (χ0) is 14.0. The predicted molar refractivity (Wildman–Crippen MR) is 74.3 cm³/mol. The lowest BCUT2D eigenvalue weighted by Gasteiger charge is -2.29. The summed E-state index contributed by atoms with van der Waals surface area (Å²) >= 11 is 4.71. The van der Waals surface area contributed by atoms with Gasteiger partial charge in [0.25, 0.3) is 0 Å². The monoisotopic (exact) mass is 285 g/mol. The molecule has 0 saturated heterocycles. The second-order valence-corrected chi connectivity index (χ2v) is 5.49. The van der Waals surface area contributed by atoms with Gasteiger partial charge in [-0.2, -0.15) is 0 Å². The van der Waals surface area contributed by atoms with E-state index in [9.17, 15) is 8.78 Å². The van der Waals surface area contributed by atoms with Gasteiger partial charge in [0.2, 0.25) is 0 Å². The lowest BCUT2D eigenvalue weighted by Crippen LogP contribution is -2.29. The van der Waals surface area contributed by atoms with E-state index < -0.39 is 11.6 Å². The fourth-order valence-electron chi connectivity index (χ4n) is 2.42. The van der Waals surface area contributed by atoms with Crippen molar-refractivity contribution in [1.82, 2.24) is 0 Å². The number of halogens is 2. The van der Waals surface area contributed by atoms with Crippen LogP contribution in [-0.4, -0.2) is 11.1 Å². The number of rotatable bonds is 3. The van der Waals surface area contributed by atoms with E-state index in [1.165, 1.54) is 0 Å². The zero-order valence-electron chi connectivity index (χ0n) is 10.8. The van der Waals surface area contributed by atoms with E-state index in [0.29, 0.717) is 5.92 Å². The second kappa shape index (κ2) is 5.82. The van der Waals surface area contributed by atoms with Gasteiger partial charge < -0.3 is 10.5 Å². The zero-order valence-corrected chi connectivity index (χ0v) is 11.6. The molecule has 2 nitrogen and oxygen atoms in total. The third kappa shape index (κ3) is 3.21. The fourth-order valence-corrected chi connectivity index (χ4v) is 2.54. The van der Waals surface area contributed by atoms with Gasteiger partial charge in [0.1, 0.15) is 11.1 Å². The summed E-state index contributed by atoms with van der Waals surface area (Å²) < 4.78 is 33.3. The predicted octanol–water partition coefficient (Wildman–Crippen LogP) is 3.56. The van der Waals surface area contributed by atoms with Crippen LogP contribution in [0.3, 0.4) is 0 Å². The van der Waals surface area contributed by atoms with Crippen LogP contribution >= 0.6 is 12.2 Å². The smallest absolute Gasteiger partial charge is 0.191 e. The van der Waals surface area contributed by atoms with Gasteiger partial charge in [0, 0.05) is 5.56 Å². The molecule has 1 aliphatic rings. The summed E-state index contributed by atoms with van der Waals surface area (Å²) in [4.78, 5) is -0.0321. The molecule has 1 saturated carbocycles. The Hall–Kier alpha value is -1.23. The normalized spacial score (nSPS) is 23.1. The number of nitrogens with two attached hydrogens (primary N) is 1. The standard InChI is InChI=1S/C14H17F2NOS/c1-8-4-2-3-5-12(8)18-13-10(15)6-9(14(17)19)7-11(13)16/h6-8,12H,2-5H2,1H3,(H2,17,19). The molecular formula is C14H17F2NOS. The van der Waals surface area contributed by atoms with Crippen molar-refractivity contribution < 1.29 is 13.5 Å². The maximum Gasteiger partial charge on any atom is 0.191 e. The highest BCUT2D eigenvalue weighted by Gasteiger charge is 2.25. The molecule has 1 aliphatic carbocycles. The summed E-state index contributed by atoms with van der Waals surface area (Å²) in [6.07, 6.45) is 3.90. The fraction of sp³-hybridized carbons (Fsp3) is 0.500. The van der Waals surface area contributed by atoms with E-state index in [1.54, 1.807) is 0 Å². The van der Waals surface area contributed by atoms with Crippen molar-refractivity contribution in [2.45, 2.75) is 38.7 Å². The summed E-state index contributed by atoms with van der Waals surface area (Å²) in [5.74, 6) is -1.51. The molecule has 0 aromatic heterocycles. The first-order valence-corrected chi connectivity index (χ1v) is 6.85. The summed E-state index contributed by atoms with van der Waals surface area (Å²) in [5.41, 5.74) is 5.54. The Kier molecular flexibility index (Phi) is 4.34. The minimum atomic E-state index is -0.749. The minimum absolute atomic E-state index is 0.0321. The number of ether oxygens (including phenoxy) is 1. The molecule has 1 fully saturated rings. The van der Waals surface area contributed by atoms with Crippen molar-refractivity contribution >= 4 is 17.2 Å². The van der Waals surface area contributed by atoms with E-state index in [-0.39, 0.29) is 22.4 Å². The van der Waals surface area contributed by atoms with Gasteiger partial charge in [0.15, 0.2) is 17.4 Å². The molecule has 0 bridgehead atoms. The molecular weight excluding hydrogens is 268 g/mol. The molecule has 2 atom stereocenters. The molecule has 1 aromatic carbocycles. The van der Waals surface area contributed by atoms with Gasteiger partial charge >= 0.3 is 0 Å². The molecule has 0 aliphatic heterocycles. The molecule has 0 radical (unpaired) electrons. The molecule has 1 aromatic rings. The molecule has 0 spiro atoms. The quantitative estimate of drug-likeness (QED) is 0.863. The number of hydrogen-bond acceptors (Lipinski definition) is 2. The summed E-state index contributed by atoms with van der Waals surface area (Å²) in [6, 6.07) is 2.24. The Labute approximate surface area is 116 Å². The Morgan fingerprint density at radius 1 is 1.26 bits per heavy atom.